The number of hydrogen-bond acceptors (Lipinski definition) is 11. The smallest absolute Gasteiger partial charge is 0.309 e. The van der Waals surface area contributed by atoms with E-state index in [2.05, 4.69) is 20.0 Å². The molecule has 1 saturated heterocycles. The van der Waals surface area contributed by atoms with Crippen molar-refractivity contribution in [3.63, 3.8) is 0 Å². The number of fused-ring (bicyclic) bond motifs is 3. The summed E-state index contributed by atoms with van der Waals surface area (Å²) in [5.41, 5.74) is 7.29. The summed E-state index contributed by atoms with van der Waals surface area (Å²) >= 11 is 1.03. The summed E-state index contributed by atoms with van der Waals surface area (Å²) in [6.45, 7) is 3.23. The highest BCUT2D eigenvalue weighted by atomic mass is 32.2. The fraction of sp³-hybridized carbons (Fsp3) is 0.360. The maximum Gasteiger partial charge on any atom is 0.309 e. The molecule has 12 nitrogen and oxygen atoms in total. The molecular formula is C25H26F2N8O4S2. The van der Waals surface area contributed by atoms with Crippen LogP contribution in [-0.2, 0) is 17.3 Å². The van der Waals surface area contributed by atoms with Crippen LogP contribution < -0.4 is 20.2 Å². The fourth-order valence-corrected chi connectivity index (χ4v) is 5.98. The highest BCUT2D eigenvalue weighted by molar-refractivity contribution is 7.84. The second-order valence-corrected chi connectivity index (χ2v) is 12.0. The van der Waals surface area contributed by atoms with Gasteiger partial charge in [0.15, 0.2) is 28.6 Å². The predicted octanol–water partition coefficient (Wildman–Crippen LogP) is 2.20. The van der Waals surface area contributed by atoms with Gasteiger partial charge in [0.25, 0.3) is 0 Å². The first-order valence-electron chi connectivity index (χ1n) is 12.8. The quantitative estimate of drug-likeness (QED) is 0.267. The van der Waals surface area contributed by atoms with Gasteiger partial charge >= 0.3 is 4.87 Å². The van der Waals surface area contributed by atoms with Crippen LogP contribution in [0.5, 0.6) is 5.75 Å². The van der Waals surface area contributed by atoms with Crippen molar-refractivity contribution < 1.29 is 22.1 Å². The Bertz CT molecular complexity index is 1800. The molecule has 0 aliphatic carbocycles. The average molecular weight is 605 g/mol. The summed E-state index contributed by atoms with van der Waals surface area (Å²) < 4.78 is 54.5. The molecule has 2 N–H and O–H groups in total. The van der Waals surface area contributed by atoms with Crippen LogP contribution in [0.2, 0.25) is 0 Å². The van der Waals surface area contributed by atoms with Crippen molar-refractivity contribution in [1.82, 2.24) is 29.0 Å². The number of rotatable bonds is 9. The zero-order chi connectivity index (χ0) is 28.7. The van der Waals surface area contributed by atoms with E-state index in [-0.39, 0.29) is 34.6 Å². The van der Waals surface area contributed by atoms with Crippen molar-refractivity contribution in [3.05, 3.63) is 51.8 Å². The normalized spacial score (nSPS) is 15.2. The number of aromatic nitrogens is 5. The lowest BCUT2D eigenvalue weighted by atomic mass is 10.2. The third kappa shape index (κ3) is 5.41. The Hall–Kier alpha value is -3.89. The summed E-state index contributed by atoms with van der Waals surface area (Å²) in [5.74, 6) is -0.355. The zero-order valence-corrected chi connectivity index (χ0v) is 23.6. The third-order valence-electron chi connectivity index (χ3n) is 6.84. The summed E-state index contributed by atoms with van der Waals surface area (Å²) in [5, 5.41) is 4.37. The largest absolute Gasteiger partial charge is 0.489 e. The van der Waals surface area contributed by atoms with Crippen molar-refractivity contribution >= 4 is 49.8 Å². The molecular weight excluding hydrogens is 578 g/mol. The molecule has 5 aromatic rings. The molecule has 1 aromatic carbocycles. The number of nitrogens with zero attached hydrogens (tertiary/aromatic N) is 7. The summed E-state index contributed by atoms with van der Waals surface area (Å²) in [7, 11) is -1.08. The van der Waals surface area contributed by atoms with E-state index >= 15 is 0 Å². The first kappa shape index (κ1) is 27.3. The minimum Gasteiger partial charge on any atom is -0.489 e. The maximum absolute atomic E-state index is 14.6. The van der Waals surface area contributed by atoms with E-state index in [1.54, 1.807) is 16.7 Å². The zero-order valence-electron chi connectivity index (χ0n) is 22.0. The highest BCUT2D eigenvalue weighted by Crippen LogP contribution is 2.29. The topological polar surface area (TPSA) is 137 Å². The number of ether oxygens (including phenoxy) is 1. The number of benzene rings is 1. The number of piperazine rings is 1. The van der Waals surface area contributed by atoms with Gasteiger partial charge in [-0.15, -0.1) is 5.10 Å². The maximum atomic E-state index is 14.6. The molecule has 0 amide bonds. The van der Waals surface area contributed by atoms with Crippen LogP contribution in [0.3, 0.4) is 0 Å². The van der Waals surface area contributed by atoms with Gasteiger partial charge in [-0.2, -0.15) is 9.50 Å². The lowest BCUT2D eigenvalue weighted by Gasteiger charge is -2.36. The van der Waals surface area contributed by atoms with Gasteiger partial charge in [-0.25, -0.2) is 13.8 Å². The molecule has 216 valence electrons. The molecule has 4 aromatic heterocycles. The van der Waals surface area contributed by atoms with Crippen molar-refractivity contribution in [2.24, 2.45) is 0 Å². The summed E-state index contributed by atoms with van der Waals surface area (Å²) in [4.78, 5) is 25.7. The molecule has 0 spiro atoms. The van der Waals surface area contributed by atoms with Gasteiger partial charge in [0.1, 0.15) is 10.5 Å². The van der Waals surface area contributed by atoms with E-state index in [1.165, 1.54) is 23.1 Å². The summed E-state index contributed by atoms with van der Waals surface area (Å²) in [6.07, 6.45) is 3.06. The SMILES string of the molecule is CS(=O)CCOc1cc(N2CCN(CCn3c(=O)sc4c3nc(N)n3nc(-c5ccco5)nc43)CC2)c(F)cc1F. The van der Waals surface area contributed by atoms with Crippen LogP contribution in [0, 0.1) is 11.6 Å². The highest BCUT2D eigenvalue weighted by Gasteiger charge is 2.23. The standard InChI is InChI=1S/C25H26F2N8O4S2/c1-41(37)12-11-39-19-14-17(15(26)13-16(19)27)33-7-4-32(5-8-33)6-9-34-22-20(40-25(34)36)23-29-21(18-3-2-10-38-18)31-35(23)24(28)30-22/h2-3,10,13-14H,4-9,11-12H2,1H3,(H2,28,30). The van der Waals surface area contributed by atoms with Crippen LogP contribution in [0.1, 0.15) is 0 Å². The summed E-state index contributed by atoms with van der Waals surface area (Å²) in [6, 6.07) is 5.64. The predicted molar refractivity (Wildman–Crippen MR) is 152 cm³/mol. The Morgan fingerprint density at radius 3 is 2.66 bits per heavy atom. The lowest BCUT2D eigenvalue weighted by Crippen LogP contribution is -2.47. The fourth-order valence-electron chi connectivity index (χ4n) is 4.73. The van der Waals surface area contributed by atoms with Crippen molar-refractivity contribution in [3.8, 4) is 17.3 Å². The lowest BCUT2D eigenvalue weighted by molar-refractivity contribution is 0.247. The molecule has 0 radical (unpaired) electrons. The molecule has 41 heavy (non-hydrogen) atoms. The number of thiazole rings is 1. The van der Waals surface area contributed by atoms with E-state index in [1.807, 2.05) is 4.90 Å². The number of furan rings is 1. The third-order valence-corrected chi connectivity index (χ3v) is 8.55. The Morgan fingerprint density at radius 1 is 1.12 bits per heavy atom. The van der Waals surface area contributed by atoms with Gasteiger partial charge in [0.2, 0.25) is 11.8 Å². The Labute approximate surface area is 238 Å². The number of halogens is 2. The molecule has 1 fully saturated rings. The van der Waals surface area contributed by atoms with E-state index in [0.717, 1.165) is 17.4 Å². The number of anilines is 2. The van der Waals surface area contributed by atoms with E-state index in [9.17, 15) is 17.8 Å². The van der Waals surface area contributed by atoms with E-state index < -0.39 is 22.4 Å². The van der Waals surface area contributed by atoms with Crippen molar-refractivity contribution in [2.75, 3.05) is 62.0 Å². The molecule has 16 heteroatoms. The van der Waals surface area contributed by atoms with Gasteiger partial charge in [-0.05, 0) is 12.1 Å². The number of nitrogens with two attached hydrogens (primary N) is 1. The van der Waals surface area contributed by atoms with Gasteiger partial charge in [0, 0.05) is 68.5 Å². The molecule has 1 aliphatic heterocycles. The molecule has 5 heterocycles. The van der Waals surface area contributed by atoms with Crippen LogP contribution in [0.4, 0.5) is 20.4 Å². The molecule has 0 bridgehead atoms. The number of hydrogen-bond donors (Lipinski definition) is 1. The molecule has 1 unspecified atom stereocenters. The molecule has 6 rings (SSSR count). The minimum atomic E-state index is -1.08. The van der Waals surface area contributed by atoms with Crippen LogP contribution in [0.25, 0.3) is 27.6 Å². The van der Waals surface area contributed by atoms with Gasteiger partial charge in [-0.1, -0.05) is 11.3 Å². The van der Waals surface area contributed by atoms with Gasteiger partial charge in [0.05, 0.1) is 24.3 Å². The minimum absolute atomic E-state index is 0.0668. The first-order chi connectivity index (χ1) is 19.8. The molecule has 0 saturated carbocycles. The molecule has 1 aliphatic rings. The number of nitrogen functional groups attached to an aromatic ring is 1. The Morgan fingerprint density at radius 2 is 1.93 bits per heavy atom. The van der Waals surface area contributed by atoms with E-state index in [0.29, 0.717) is 66.8 Å². The van der Waals surface area contributed by atoms with Gasteiger partial charge in [-0.3, -0.25) is 18.5 Å². The van der Waals surface area contributed by atoms with Crippen LogP contribution >= 0.6 is 11.3 Å². The van der Waals surface area contributed by atoms with Crippen LogP contribution in [0.15, 0.2) is 39.7 Å². The van der Waals surface area contributed by atoms with Gasteiger partial charge < -0.3 is 19.8 Å². The van der Waals surface area contributed by atoms with E-state index in [4.69, 9.17) is 14.9 Å². The first-order valence-corrected chi connectivity index (χ1v) is 15.3. The Kier molecular flexibility index (Phi) is 7.44. The average Bonchev–Trinajstić information content (AvgIpc) is 3.68. The van der Waals surface area contributed by atoms with Crippen molar-refractivity contribution in [1.29, 1.82) is 0 Å². The Balaban J connectivity index is 1.14. The van der Waals surface area contributed by atoms with Crippen molar-refractivity contribution in [2.45, 2.75) is 6.54 Å². The molecule has 1 atom stereocenters. The second kappa shape index (κ2) is 11.2. The van der Waals surface area contributed by atoms with Crippen LogP contribution in [-0.4, -0.2) is 84.6 Å². The monoisotopic (exact) mass is 604 g/mol. The second-order valence-electron chi connectivity index (χ2n) is 9.48.